The Labute approximate surface area is 129 Å². The first kappa shape index (κ1) is 16.5. The van der Waals surface area contributed by atoms with E-state index in [-0.39, 0.29) is 12.3 Å². The predicted molar refractivity (Wildman–Crippen MR) is 78.2 cm³/mol. The van der Waals surface area contributed by atoms with Gasteiger partial charge < -0.3 is 14.5 Å². The first-order valence-electron chi connectivity index (χ1n) is 7.75. The maximum atomic E-state index is 12.3. The second kappa shape index (κ2) is 6.89. The number of carbonyl (C=O) groups is 2. The van der Waals surface area contributed by atoms with Crippen molar-refractivity contribution in [1.82, 2.24) is 15.0 Å². The van der Waals surface area contributed by atoms with E-state index in [0.29, 0.717) is 37.4 Å². The molecule has 1 fully saturated rings. The SMILES string of the molecule is Cc1noc(CCCC(=O)N(C)C2(C(=O)O)CCCCC2)n1. The van der Waals surface area contributed by atoms with Crippen LogP contribution in [0.1, 0.15) is 56.7 Å². The highest BCUT2D eigenvalue weighted by molar-refractivity contribution is 5.87. The van der Waals surface area contributed by atoms with Crippen LogP contribution < -0.4 is 0 Å². The highest BCUT2D eigenvalue weighted by Crippen LogP contribution is 2.33. The monoisotopic (exact) mass is 309 g/mol. The van der Waals surface area contributed by atoms with Crippen LogP contribution in [0.2, 0.25) is 0 Å². The van der Waals surface area contributed by atoms with Gasteiger partial charge in [-0.1, -0.05) is 24.4 Å². The molecular formula is C15H23N3O4. The van der Waals surface area contributed by atoms with Gasteiger partial charge >= 0.3 is 5.97 Å². The molecule has 7 heteroatoms. The molecule has 1 amide bonds. The Hall–Kier alpha value is -1.92. The van der Waals surface area contributed by atoms with E-state index in [1.54, 1.807) is 14.0 Å². The summed E-state index contributed by atoms with van der Waals surface area (Å²) in [7, 11) is 1.61. The van der Waals surface area contributed by atoms with Crippen molar-refractivity contribution in [1.29, 1.82) is 0 Å². The quantitative estimate of drug-likeness (QED) is 0.862. The smallest absolute Gasteiger partial charge is 0.329 e. The lowest BCUT2D eigenvalue weighted by atomic mass is 9.80. The molecule has 1 saturated carbocycles. The van der Waals surface area contributed by atoms with Gasteiger partial charge in [0.1, 0.15) is 5.54 Å². The topological polar surface area (TPSA) is 96.5 Å². The fourth-order valence-electron chi connectivity index (χ4n) is 3.07. The molecule has 1 aromatic rings. The van der Waals surface area contributed by atoms with Gasteiger partial charge in [-0.15, -0.1) is 0 Å². The summed E-state index contributed by atoms with van der Waals surface area (Å²) in [5, 5.41) is 13.3. The van der Waals surface area contributed by atoms with Gasteiger partial charge in [0.2, 0.25) is 11.8 Å². The number of rotatable bonds is 6. The van der Waals surface area contributed by atoms with E-state index in [1.807, 2.05) is 0 Å². The number of carboxylic acids is 1. The first-order valence-corrected chi connectivity index (χ1v) is 7.75. The van der Waals surface area contributed by atoms with Crippen LogP contribution >= 0.6 is 0 Å². The molecular weight excluding hydrogens is 286 g/mol. The average molecular weight is 309 g/mol. The van der Waals surface area contributed by atoms with E-state index in [9.17, 15) is 14.7 Å². The molecule has 7 nitrogen and oxygen atoms in total. The highest BCUT2D eigenvalue weighted by atomic mass is 16.5. The third-order valence-electron chi connectivity index (χ3n) is 4.45. The van der Waals surface area contributed by atoms with Crippen LogP contribution in [0.25, 0.3) is 0 Å². The zero-order valence-electron chi connectivity index (χ0n) is 13.2. The minimum absolute atomic E-state index is 0.138. The summed E-state index contributed by atoms with van der Waals surface area (Å²) in [6, 6.07) is 0. The number of hydrogen-bond acceptors (Lipinski definition) is 5. The molecule has 0 bridgehead atoms. The van der Waals surface area contributed by atoms with Crippen LogP contribution in [0.15, 0.2) is 4.52 Å². The van der Waals surface area contributed by atoms with Crippen molar-refractivity contribution in [2.24, 2.45) is 0 Å². The number of aryl methyl sites for hydroxylation is 2. The summed E-state index contributed by atoms with van der Waals surface area (Å²) in [6.07, 6.45) is 5.19. The number of carbonyl (C=O) groups excluding carboxylic acids is 1. The molecule has 22 heavy (non-hydrogen) atoms. The van der Waals surface area contributed by atoms with Crippen LogP contribution in [0.5, 0.6) is 0 Å². The van der Waals surface area contributed by atoms with Gasteiger partial charge in [-0.3, -0.25) is 4.79 Å². The predicted octanol–water partition coefficient (Wildman–Crippen LogP) is 1.95. The number of aliphatic carboxylic acids is 1. The zero-order chi connectivity index (χ0) is 16.2. The van der Waals surface area contributed by atoms with Crippen molar-refractivity contribution < 1.29 is 19.2 Å². The van der Waals surface area contributed by atoms with Crippen LogP contribution in [0.3, 0.4) is 0 Å². The number of nitrogens with zero attached hydrogens (tertiary/aromatic N) is 3. The number of aromatic nitrogens is 2. The van der Waals surface area contributed by atoms with Crippen molar-refractivity contribution in [3.63, 3.8) is 0 Å². The molecule has 1 N–H and O–H groups in total. The second-order valence-electron chi connectivity index (χ2n) is 5.94. The molecule has 0 unspecified atom stereocenters. The van der Waals surface area contributed by atoms with E-state index in [1.165, 1.54) is 4.90 Å². The fourth-order valence-corrected chi connectivity index (χ4v) is 3.07. The van der Waals surface area contributed by atoms with Crippen molar-refractivity contribution in [3.8, 4) is 0 Å². The van der Waals surface area contributed by atoms with Crippen LogP contribution in [0, 0.1) is 6.92 Å². The average Bonchev–Trinajstić information content (AvgIpc) is 2.92. The molecule has 2 rings (SSSR count). The maximum absolute atomic E-state index is 12.3. The Morgan fingerprint density at radius 2 is 2.00 bits per heavy atom. The third kappa shape index (κ3) is 3.45. The molecule has 0 aromatic carbocycles. The van der Waals surface area contributed by atoms with Crippen molar-refractivity contribution >= 4 is 11.9 Å². The minimum atomic E-state index is -1.03. The summed E-state index contributed by atoms with van der Waals surface area (Å²) in [6.45, 7) is 1.74. The van der Waals surface area contributed by atoms with E-state index in [4.69, 9.17) is 4.52 Å². The standard InChI is InChI=1S/C15H23N3O4/c1-11-16-12(22-17-11)7-6-8-13(19)18(2)15(14(20)21)9-4-3-5-10-15/h3-10H2,1-2H3,(H,20,21). The Bertz CT molecular complexity index is 535. The normalized spacial score (nSPS) is 17.2. The Morgan fingerprint density at radius 3 is 2.55 bits per heavy atom. The summed E-state index contributed by atoms with van der Waals surface area (Å²) >= 11 is 0. The first-order chi connectivity index (χ1) is 10.5. The van der Waals surface area contributed by atoms with Gasteiger partial charge in [0.25, 0.3) is 0 Å². The largest absolute Gasteiger partial charge is 0.479 e. The second-order valence-corrected chi connectivity index (χ2v) is 5.94. The van der Waals surface area contributed by atoms with Crippen LogP contribution in [-0.4, -0.2) is 44.6 Å². The van der Waals surface area contributed by atoms with E-state index >= 15 is 0 Å². The van der Waals surface area contributed by atoms with Crippen LogP contribution in [0.4, 0.5) is 0 Å². The third-order valence-corrected chi connectivity index (χ3v) is 4.45. The number of amides is 1. The van der Waals surface area contributed by atoms with Gasteiger partial charge in [0.15, 0.2) is 5.82 Å². The lowest BCUT2D eigenvalue weighted by Crippen LogP contribution is -2.56. The van der Waals surface area contributed by atoms with Crippen molar-refractivity contribution in [2.45, 2.75) is 63.8 Å². The molecule has 0 radical (unpaired) electrons. The molecule has 0 spiro atoms. The van der Waals surface area contributed by atoms with E-state index in [0.717, 1.165) is 19.3 Å². The highest BCUT2D eigenvalue weighted by Gasteiger charge is 2.45. The molecule has 0 aliphatic heterocycles. The molecule has 1 aromatic heterocycles. The lowest BCUT2D eigenvalue weighted by molar-refractivity contribution is -0.160. The molecule has 0 saturated heterocycles. The van der Waals surface area contributed by atoms with Crippen molar-refractivity contribution in [2.75, 3.05) is 7.05 Å². The number of hydrogen-bond donors (Lipinski definition) is 1. The number of likely N-dealkylation sites (N-methyl/N-ethyl adjacent to an activating group) is 1. The summed E-state index contributed by atoms with van der Waals surface area (Å²) in [5.74, 6) is 0.0557. The lowest BCUT2D eigenvalue weighted by Gasteiger charge is -2.41. The zero-order valence-corrected chi connectivity index (χ0v) is 13.2. The molecule has 122 valence electrons. The van der Waals surface area contributed by atoms with Crippen molar-refractivity contribution in [3.05, 3.63) is 11.7 Å². The van der Waals surface area contributed by atoms with Gasteiger partial charge in [-0.2, -0.15) is 4.98 Å². The van der Waals surface area contributed by atoms with Gasteiger partial charge in [0, 0.05) is 19.9 Å². The van der Waals surface area contributed by atoms with Gasteiger partial charge in [-0.25, -0.2) is 4.79 Å². The number of carboxylic acid groups (broad SMARTS) is 1. The summed E-state index contributed by atoms with van der Waals surface area (Å²) < 4.78 is 5.00. The molecule has 1 aliphatic rings. The molecule has 1 heterocycles. The molecule has 0 atom stereocenters. The van der Waals surface area contributed by atoms with Crippen LogP contribution in [-0.2, 0) is 16.0 Å². The van der Waals surface area contributed by atoms with E-state index in [2.05, 4.69) is 10.1 Å². The summed E-state index contributed by atoms with van der Waals surface area (Å²) in [4.78, 5) is 29.6. The minimum Gasteiger partial charge on any atom is -0.479 e. The molecule has 1 aliphatic carbocycles. The fraction of sp³-hybridized carbons (Fsp3) is 0.733. The van der Waals surface area contributed by atoms with Gasteiger partial charge in [-0.05, 0) is 26.2 Å². The maximum Gasteiger partial charge on any atom is 0.329 e. The Morgan fingerprint density at radius 1 is 1.32 bits per heavy atom. The Kier molecular flexibility index (Phi) is 5.15. The Balaban J connectivity index is 1.91. The summed E-state index contributed by atoms with van der Waals surface area (Å²) in [5.41, 5.74) is -1.03. The van der Waals surface area contributed by atoms with Gasteiger partial charge in [0.05, 0.1) is 0 Å². The van der Waals surface area contributed by atoms with E-state index < -0.39 is 11.5 Å².